The number of aryl methyl sites for hydroxylation is 3. The van der Waals surface area contributed by atoms with Crippen LogP contribution in [0.4, 0.5) is 0 Å². The molecule has 0 saturated heterocycles. The Morgan fingerprint density at radius 3 is 2.65 bits per heavy atom. The van der Waals surface area contributed by atoms with Crippen molar-refractivity contribution in [3.05, 3.63) is 63.3 Å². The topological polar surface area (TPSA) is 66.5 Å². The number of halogens is 1. The molecule has 1 aromatic heterocycles. The van der Waals surface area contributed by atoms with Crippen molar-refractivity contribution in [3.8, 4) is 5.75 Å². The molecule has 2 N–H and O–H groups in total. The van der Waals surface area contributed by atoms with E-state index in [2.05, 4.69) is 31.4 Å². The molecule has 0 spiro atoms. The molecule has 0 aliphatic heterocycles. The number of H-pyrrole nitrogens is 1. The van der Waals surface area contributed by atoms with Crippen LogP contribution < -0.4 is 10.2 Å². The molecule has 1 heterocycles. The third-order valence-corrected chi connectivity index (χ3v) is 4.56. The number of hydrazone groups is 1. The van der Waals surface area contributed by atoms with Gasteiger partial charge in [-0.1, -0.05) is 34.1 Å². The minimum absolute atomic E-state index is 0.0898. The molecule has 26 heavy (non-hydrogen) atoms. The van der Waals surface area contributed by atoms with Gasteiger partial charge in [-0.05, 0) is 50.1 Å². The van der Waals surface area contributed by atoms with Crippen LogP contribution in [0.5, 0.6) is 5.75 Å². The van der Waals surface area contributed by atoms with Crippen LogP contribution in [0, 0.1) is 20.8 Å². The summed E-state index contributed by atoms with van der Waals surface area (Å²) in [6, 6.07) is 11.9. The Morgan fingerprint density at radius 1 is 1.23 bits per heavy atom. The van der Waals surface area contributed by atoms with E-state index in [1.165, 1.54) is 0 Å². The number of nitrogens with zero attached hydrogens (tertiary/aromatic N) is 1. The summed E-state index contributed by atoms with van der Waals surface area (Å²) in [6.07, 6.45) is 1.65. The van der Waals surface area contributed by atoms with Crippen LogP contribution in [0.2, 0.25) is 0 Å². The number of carbonyl (C=O) groups excluding carboxylic acids is 1. The van der Waals surface area contributed by atoms with E-state index in [0.717, 1.165) is 43.5 Å². The van der Waals surface area contributed by atoms with Crippen molar-refractivity contribution in [1.82, 2.24) is 10.4 Å². The quantitative estimate of drug-likeness (QED) is 0.481. The number of ether oxygens (including phenoxy) is 1. The first-order chi connectivity index (χ1) is 12.5. The second kappa shape index (κ2) is 7.74. The SMILES string of the molecule is Cc1cc(Br)cc(C)c1OCC(=O)NN=Cc1c(C)[nH]c2ccccc12. The summed E-state index contributed by atoms with van der Waals surface area (Å²) in [6.45, 7) is 5.78. The van der Waals surface area contributed by atoms with Crippen LogP contribution >= 0.6 is 15.9 Å². The first-order valence-electron chi connectivity index (χ1n) is 8.24. The van der Waals surface area contributed by atoms with Gasteiger partial charge in [0.2, 0.25) is 0 Å². The summed E-state index contributed by atoms with van der Waals surface area (Å²) < 4.78 is 6.64. The maximum atomic E-state index is 12.0. The molecular weight excluding hydrogens is 394 g/mol. The number of aromatic amines is 1. The van der Waals surface area contributed by atoms with Gasteiger partial charge in [-0.2, -0.15) is 5.10 Å². The Labute approximate surface area is 160 Å². The zero-order valence-electron chi connectivity index (χ0n) is 14.9. The summed E-state index contributed by atoms with van der Waals surface area (Å²) in [5.41, 5.74) is 7.47. The molecule has 3 aromatic rings. The van der Waals surface area contributed by atoms with Crippen molar-refractivity contribution in [3.63, 3.8) is 0 Å². The molecule has 1 amide bonds. The van der Waals surface area contributed by atoms with E-state index in [9.17, 15) is 4.79 Å². The van der Waals surface area contributed by atoms with E-state index in [-0.39, 0.29) is 12.5 Å². The predicted molar refractivity (Wildman–Crippen MR) is 108 cm³/mol. The lowest BCUT2D eigenvalue weighted by molar-refractivity contribution is -0.123. The van der Waals surface area contributed by atoms with Gasteiger partial charge >= 0.3 is 0 Å². The fourth-order valence-corrected chi connectivity index (χ4v) is 3.62. The molecule has 0 saturated carbocycles. The molecule has 0 aliphatic rings. The number of para-hydroxylation sites is 1. The number of amides is 1. The summed E-state index contributed by atoms with van der Waals surface area (Å²) in [5.74, 6) is 0.417. The highest BCUT2D eigenvalue weighted by molar-refractivity contribution is 9.10. The third kappa shape index (κ3) is 3.96. The van der Waals surface area contributed by atoms with Gasteiger partial charge in [-0.3, -0.25) is 4.79 Å². The van der Waals surface area contributed by atoms with Gasteiger partial charge in [-0.15, -0.1) is 0 Å². The number of hydrogen-bond acceptors (Lipinski definition) is 3. The largest absolute Gasteiger partial charge is 0.483 e. The van der Waals surface area contributed by atoms with Gasteiger partial charge < -0.3 is 9.72 Å². The van der Waals surface area contributed by atoms with E-state index in [4.69, 9.17) is 4.74 Å². The van der Waals surface area contributed by atoms with Crippen LogP contribution in [-0.2, 0) is 4.79 Å². The third-order valence-electron chi connectivity index (χ3n) is 4.10. The minimum Gasteiger partial charge on any atom is -0.483 e. The molecule has 6 heteroatoms. The van der Waals surface area contributed by atoms with E-state index >= 15 is 0 Å². The summed E-state index contributed by atoms with van der Waals surface area (Å²) in [7, 11) is 0. The second-order valence-corrected chi connectivity index (χ2v) is 7.08. The molecular formula is C20H20BrN3O2. The molecule has 0 atom stereocenters. The average molecular weight is 414 g/mol. The summed E-state index contributed by atoms with van der Waals surface area (Å²) in [5, 5.41) is 5.13. The van der Waals surface area contributed by atoms with Gasteiger partial charge in [0.15, 0.2) is 6.61 Å². The Kier molecular flexibility index (Phi) is 5.42. The number of rotatable bonds is 5. The first kappa shape index (κ1) is 18.2. The number of aromatic nitrogens is 1. The zero-order chi connectivity index (χ0) is 18.7. The number of nitrogens with one attached hydrogen (secondary N) is 2. The predicted octanol–water partition coefficient (Wildman–Crippen LogP) is 4.38. The lowest BCUT2D eigenvalue weighted by Gasteiger charge is -2.11. The normalized spacial score (nSPS) is 11.2. The molecule has 0 unspecified atom stereocenters. The highest BCUT2D eigenvalue weighted by Gasteiger charge is 2.09. The molecule has 2 aromatic carbocycles. The van der Waals surface area contributed by atoms with Crippen LogP contribution in [0.1, 0.15) is 22.4 Å². The van der Waals surface area contributed by atoms with Gasteiger partial charge in [0.1, 0.15) is 5.75 Å². The van der Waals surface area contributed by atoms with Crippen molar-refractivity contribution in [1.29, 1.82) is 0 Å². The van der Waals surface area contributed by atoms with Crippen molar-refractivity contribution in [2.24, 2.45) is 5.10 Å². The lowest BCUT2D eigenvalue weighted by atomic mass is 10.1. The number of benzene rings is 2. The number of hydrogen-bond donors (Lipinski definition) is 2. The molecule has 0 fully saturated rings. The molecule has 5 nitrogen and oxygen atoms in total. The van der Waals surface area contributed by atoms with Gasteiger partial charge in [0.05, 0.1) is 6.21 Å². The van der Waals surface area contributed by atoms with Crippen molar-refractivity contribution >= 4 is 39.0 Å². The highest BCUT2D eigenvalue weighted by Crippen LogP contribution is 2.27. The Morgan fingerprint density at radius 2 is 1.92 bits per heavy atom. The van der Waals surface area contributed by atoms with Crippen LogP contribution in [0.15, 0.2) is 46.0 Å². The fraction of sp³-hybridized carbons (Fsp3) is 0.200. The Bertz CT molecular complexity index is 969. The number of carbonyl (C=O) groups is 1. The highest BCUT2D eigenvalue weighted by atomic mass is 79.9. The van der Waals surface area contributed by atoms with E-state index < -0.39 is 0 Å². The average Bonchev–Trinajstić information content (AvgIpc) is 2.89. The van der Waals surface area contributed by atoms with Gasteiger partial charge in [0.25, 0.3) is 5.91 Å². The van der Waals surface area contributed by atoms with E-state index in [1.54, 1.807) is 6.21 Å². The maximum absolute atomic E-state index is 12.0. The molecule has 0 radical (unpaired) electrons. The van der Waals surface area contributed by atoms with E-state index in [0.29, 0.717) is 0 Å². The molecule has 0 bridgehead atoms. The van der Waals surface area contributed by atoms with Gasteiger partial charge in [-0.25, -0.2) is 5.43 Å². The van der Waals surface area contributed by atoms with Crippen molar-refractivity contribution < 1.29 is 9.53 Å². The molecule has 0 aliphatic carbocycles. The van der Waals surface area contributed by atoms with E-state index in [1.807, 2.05) is 57.2 Å². The first-order valence-corrected chi connectivity index (χ1v) is 9.03. The monoisotopic (exact) mass is 413 g/mol. The summed E-state index contributed by atoms with van der Waals surface area (Å²) in [4.78, 5) is 15.3. The minimum atomic E-state index is -0.305. The lowest BCUT2D eigenvalue weighted by Crippen LogP contribution is -2.25. The Balaban J connectivity index is 1.62. The molecule has 134 valence electrons. The molecule has 3 rings (SSSR count). The second-order valence-electron chi connectivity index (χ2n) is 6.16. The standard InChI is InChI=1S/C20H20BrN3O2/c1-12-8-15(21)9-13(2)20(12)26-11-19(25)24-22-10-17-14(3)23-18-7-5-4-6-16(17)18/h4-10,23H,11H2,1-3H3,(H,24,25). The maximum Gasteiger partial charge on any atom is 0.277 e. The zero-order valence-corrected chi connectivity index (χ0v) is 16.5. The smallest absolute Gasteiger partial charge is 0.277 e. The van der Waals surface area contributed by atoms with Crippen molar-refractivity contribution in [2.75, 3.05) is 6.61 Å². The number of fused-ring (bicyclic) bond motifs is 1. The fourth-order valence-electron chi connectivity index (χ4n) is 2.93. The van der Waals surface area contributed by atoms with Gasteiger partial charge in [0, 0.05) is 26.6 Å². The van der Waals surface area contributed by atoms with Crippen LogP contribution in [0.3, 0.4) is 0 Å². The van der Waals surface area contributed by atoms with Crippen molar-refractivity contribution in [2.45, 2.75) is 20.8 Å². The van der Waals surface area contributed by atoms with Crippen LogP contribution in [0.25, 0.3) is 10.9 Å². The van der Waals surface area contributed by atoms with Crippen LogP contribution in [-0.4, -0.2) is 23.7 Å². The summed E-state index contributed by atoms with van der Waals surface area (Å²) >= 11 is 3.45. The Hall–Kier alpha value is -2.60.